The number of hydrogen-bond donors (Lipinski definition) is 2. The summed E-state index contributed by atoms with van der Waals surface area (Å²) in [4.78, 5) is 16.8. The summed E-state index contributed by atoms with van der Waals surface area (Å²) in [6.07, 6.45) is 0. The third kappa shape index (κ3) is 5.36. The van der Waals surface area contributed by atoms with Crippen molar-refractivity contribution >= 4 is 33.0 Å². The first kappa shape index (κ1) is 23.3. The number of phenols is 1. The number of rotatable bonds is 8. The van der Waals surface area contributed by atoms with Gasteiger partial charge in [0, 0.05) is 16.6 Å². The number of nitrogens with zero attached hydrogens (tertiary/aromatic N) is 1. The molecular formula is C24H20N2O6S2. The lowest BCUT2D eigenvalue weighted by Gasteiger charge is -2.11. The van der Waals surface area contributed by atoms with Crippen LogP contribution in [0.2, 0.25) is 0 Å². The average molecular weight is 497 g/mol. The van der Waals surface area contributed by atoms with Crippen LogP contribution in [0.15, 0.2) is 83.1 Å². The zero-order valence-corrected chi connectivity index (χ0v) is 19.6. The van der Waals surface area contributed by atoms with Gasteiger partial charge >= 0.3 is 5.97 Å². The highest BCUT2D eigenvalue weighted by atomic mass is 32.2. The van der Waals surface area contributed by atoms with E-state index in [2.05, 4.69) is 9.71 Å². The molecule has 1 aromatic heterocycles. The lowest BCUT2D eigenvalue weighted by Crippen LogP contribution is -2.14. The maximum atomic E-state index is 12.8. The summed E-state index contributed by atoms with van der Waals surface area (Å²) in [5.74, 6) is -0.682. The molecule has 8 nitrogen and oxygen atoms in total. The number of sulfonamides is 1. The molecule has 174 valence electrons. The maximum absolute atomic E-state index is 12.8. The van der Waals surface area contributed by atoms with Gasteiger partial charge in [-0.3, -0.25) is 4.72 Å². The smallest absolute Gasteiger partial charge is 0.342 e. The number of carbonyl (C=O) groups is 1. The van der Waals surface area contributed by atoms with Crippen LogP contribution in [0.4, 0.5) is 5.69 Å². The van der Waals surface area contributed by atoms with Gasteiger partial charge in [0.15, 0.2) is 0 Å². The lowest BCUT2D eigenvalue weighted by molar-refractivity contribution is 0.0465. The number of thiazole rings is 1. The minimum Gasteiger partial charge on any atom is -0.507 e. The van der Waals surface area contributed by atoms with Crippen molar-refractivity contribution in [2.45, 2.75) is 11.5 Å². The molecule has 0 aliphatic carbocycles. The van der Waals surface area contributed by atoms with Crippen LogP contribution < -0.4 is 9.46 Å². The Kier molecular flexibility index (Phi) is 6.80. The molecule has 0 saturated heterocycles. The average Bonchev–Trinajstić information content (AvgIpc) is 3.33. The first-order valence-electron chi connectivity index (χ1n) is 10.0. The fraction of sp³-hybridized carbons (Fsp3) is 0.0833. The van der Waals surface area contributed by atoms with Gasteiger partial charge in [-0.1, -0.05) is 30.3 Å². The minimum absolute atomic E-state index is 0.122. The van der Waals surface area contributed by atoms with Crippen molar-refractivity contribution in [1.29, 1.82) is 0 Å². The van der Waals surface area contributed by atoms with Gasteiger partial charge in [0.05, 0.1) is 17.7 Å². The molecule has 2 N–H and O–H groups in total. The molecule has 0 bridgehead atoms. The van der Waals surface area contributed by atoms with Crippen LogP contribution in [-0.2, 0) is 21.4 Å². The summed E-state index contributed by atoms with van der Waals surface area (Å²) in [5, 5.41) is 12.7. The van der Waals surface area contributed by atoms with Crippen molar-refractivity contribution in [3.63, 3.8) is 0 Å². The van der Waals surface area contributed by atoms with E-state index in [0.717, 1.165) is 22.7 Å². The van der Waals surface area contributed by atoms with Gasteiger partial charge in [-0.25, -0.2) is 18.2 Å². The van der Waals surface area contributed by atoms with Gasteiger partial charge in [-0.2, -0.15) is 0 Å². The molecule has 0 spiro atoms. The number of aromatic hydroxyl groups is 1. The van der Waals surface area contributed by atoms with Gasteiger partial charge in [-0.15, -0.1) is 11.3 Å². The Morgan fingerprint density at radius 1 is 1.06 bits per heavy atom. The number of hydrogen-bond acceptors (Lipinski definition) is 8. The standard InChI is InChI=1S/C24H20N2O6S2/c1-31-19-9-7-17(8-10-19)26-34(29,30)20-11-12-22(27)21(13-20)24(28)32-14-18-15-33-23(25-18)16-5-3-2-4-6-16/h2-13,15,26-27H,14H2,1H3. The molecule has 0 fully saturated rings. The van der Waals surface area contributed by atoms with Gasteiger partial charge < -0.3 is 14.6 Å². The number of carbonyl (C=O) groups excluding carboxylic acids is 1. The summed E-state index contributed by atoms with van der Waals surface area (Å²) in [7, 11) is -2.51. The molecule has 0 saturated carbocycles. The van der Waals surface area contributed by atoms with Crippen molar-refractivity contribution in [2.24, 2.45) is 0 Å². The lowest BCUT2D eigenvalue weighted by atomic mass is 10.2. The van der Waals surface area contributed by atoms with E-state index in [4.69, 9.17) is 9.47 Å². The molecule has 0 unspecified atom stereocenters. The second-order valence-corrected chi connectivity index (χ2v) is 9.64. The largest absolute Gasteiger partial charge is 0.507 e. The van der Waals surface area contributed by atoms with Crippen LogP contribution in [-0.4, -0.2) is 31.6 Å². The van der Waals surface area contributed by atoms with Gasteiger partial charge in [0.25, 0.3) is 10.0 Å². The molecule has 0 atom stereocenters. The Morgan fingerprint density at radius 2 is 1.79 bits per heavy atom. The van der Waals surface area contributed by atoms with Crippen molar-refractivity contribution in [3.8, 4) is 22.1 Å². The van der Waals surface area contributed by atoms with Crippen LogP contribution in [0.1, 0.15) is 16.1 Å². The first-order valence-corrected chi connectivity index (χ1v) is 12.4. The van der Waals surface area contributed by atoms with Gasteiger partial charge in [0.1, 0.15) is 28.7 Å². The molecule has 0 radical (unpaired) electrons. The van der Waals surface area contributed by atoms with E-state index >= 15 is 0 Å². The van der Waals surface area contributed by atoms with Crippen LogP contribution in [0.25, 0.3) is 10.6 Å². The Labute approximate surface area is 200 Å². The zero-order valence-electron chi connectivity index (χ0n) is 18.0. The number of anilines is 1. The highest BCUT2D eigenvalue weighted by Crippen LogP contribution is 2.26. The summed E-state index contributed by atoms with van der Waals surface area (Å²) >= 11 is 1.41. The third-order valence-corrected chi connectivity index (χ3v) is 7.08. The molecule has 3 aromatic carbocycles. The summed E-state index contributed by atoms with van der Waals surface area (Å²) in [6.45, 7) is -0.122. The van der Waals surface area contributed by atoms with E-state index in [1.165, 1.54) is 24.5 Å². The Morgan fingerprint density at radius 3 is 2.50 bits per heavy atom. The zero-order chi connectivity index (χ0) is 24.1. The first-order chi connectivity index (χ1) is 16.4. The Balaban J connectivity index is 1.46. The van der Waals surface area contributed by atoms with E-state index in [0.29, 0.717) is 17.1 Å². The summed E-state index contributed by atoms with van der Waals surface area (Å²) in [6, 6.07) is 19.3. The number of aromatic nitrogens is 1. The second-order valence-electron chi connectivity index (χ2n) is 7.10. The van der Waals surface area contributed by atoms with Crippen LogP contribution in [0, 0.1) is 0 Å². The topological polar surface area (TPSA) is 115 Å². The normalized spacial score (nSPS) is 11.1. The SMILES string of the molecule is COc1ccc(NS(=O)(=O)c2ccc(O)c(C(=O)OCc3csc(-c4ccccc4)n3)c2)cc1. The van der Waals surface area contributed by atoms with Gasteiger partial charge in [-0.05, 0) is 42.5 Å². The fourth-order valence-electron chi connectivity index (χ4n) is 3.02. The molecule has 34 heavy (non-hydrogen) atoms. The highest BCUT2D eigenvalue weighted by Gasteiger charge is 2.21. The summed E-state index contributed by atoms with van der Waals surface area (Å²) in [5.41, 5.74) is 1.54. The molecule has 10 heteroatoms. The Hall–Kier alpha value is -3.89. The molecule has 0 aliphatic heterocycles. The van der Waals surface area contributed by atoms with Crippen LogP contribution in [0.5, 0.6) is 11.5 Å². The van der Waals surface area contributed by atoms with Crippen molar-refractivity contribution in [2.75, 3.05) is 11.8 Å². The van der Waals surface area contributed by atoms with Crippen LogP contribution >= 0.6 is 11.3 Å². The van der Waals surface area contributed by atoms with E-state index < -0.39 is 21.7 Å². The number of nitrogens with one attached hydrogen (secondary N) is 1. The van der Waals surface area contributed by atoms with E-state index in [9.17, 15) is 18.3 Å². The van der Waals surface area contributed by atoms with Crippen LogP contribution in [0.3, 0.4) is 0 Å². The van der Waals surface area contributed by atoms with E-state index in [1.54, 1.807) is 29.6 Å². The molecule has 0 amide bonds. The maximum Gasteiger partial charge on any atom is 0.342 e. The molecule has 4 rings (SSSR count). The monoisotopic (exact) mass is 496 g/mol. The van der Waals surface area contributed by atoms with E-state index in [-0.39, 0.29) is 17.1 Å². The highest BCUT2D eigenvalue weighted by molar-refractivity contribution is 7.92. The second kappa shape index (κ2) is 9.94. The minimum atomic E-state index is -4.02. The van der Waals surface area contributed by atoms with Gasteiger partial charge in [0.2, 0.25) is 0 Å². The molecule has 4 aromatic rings. The molecular weight excluding hydrogens is 476 g/mol. The van der Waals surface area contributed by atoms with Crippen molar-refractivity contribution in [1.82, 2.24) is 4.98 Å². The molecule has 0 aliphatic rings. The number of ether oxygens (including phenoxy) is 2. The number of methoxy groups -OCH3 is 1. The van der Waals surface area contributed by atoms with Crippen molar-refractivity contribution in [3.05, 3.63) is 89.4 Å². The predicted molar refractivity (Wildman–Crippen MR) is 129 cm³/mol. The third-order valence-electron chi connectivity index (χ3n) is 4.76. The van der Waals surface area contributed by atoms with Crippen molar-refractivity contribution < 1.29 is 27.8 Å². The fourth-order valence-corrected chi connectivity index (χ4v) is 4.92. The molecule has 1 heterocycles. The quantitative estimate of drug-likeness (QED) is 0.340. The number of phenolic OH excluding ortho intramolecular Hbond substituents is 1. The predicted octanol–water partition coefficient (Wildman–Crippen LogP) is 4.68. The number of esters is 1. The summed E-state index contributed by atoms with van der Waals surface area (Å²) < 4.78 is 38.3. The van der Waals surface area contributed by atoms with E-state index in [1.807, 2.05) is 30.3 Å². The number of benzene rings is 3. The Bertz CT molecular complexity index is 1400.